The molecule has 0 amide bonds. The summed E-state index contributed by atoms with van der Waals surface area (Å²) in [5.41, 5.74) is 10.6. The van der Waals surface area contributed by atoms with Crippen molar-refractivity contribution in [3.63, 3.8) is 0 Å². The Bertz CT molecular complexity index is 1930. The summed E-state index contributed by atoms with van der Waals surface area (Å²) in [6.45, 7) is 4.20. The highest BCUT2D eigenvalue weighted by molar-refractivity contribution is 7.99. The molecule has 0 radical (unpaired) electrons. The van der Waals surface area contributed by atoms with Crippen molar-refractivity contribution in [2.75, 3.05) is 0 Å². The van der Waals surface area contributed by atoms with Gasteiger partial charge in [-0.05, 0) is 42.7 Å². The maximum atomic E-state index is 5.29. The Morgan fingerprint density at radius 1 is 0.650 bits per heavy atom. The number of nitrogens with zero attached hydrogens (tertiary/aromatic N) is 2. The summed E-state index contributed by atoms with van der Waals surface area (Å²) in [6.07, 6.45) is 2.10. The Labute approximate surface area is 239 Å². The van der Waals surface area contributed by atoms with Gasteiger partial charge in [0.25, 0.3) is 0 Å². The highest BCUT2D eigenvalue weighted by atomic mass is 32.2. The average Bonchev–Trinajstić information content (AvgIpc) is 3.28. The molecule has 0 saturated heterocycles. The number of benzene rings is 5. The Balaban J connectivity index is 1.64. The molecule has 1 aliphatic rings. The number of hydrogen-bond donors (Lipinski definition) is 0. The Kier molecular flexibility index (Phi) is 6.22. The number of para-hydroxylation sites is 1. The van der Waals surface area contributed by atoms with Gasteiger partial charge in [0.15, 0.2) is 0 Å². The van der Waals surface area contributed by atoms with E-state index in [0.29, 0.717) is 0 Å². The summed E-state index contributed by atoms with van der Waals surface area (Å²) in [5.74, 6) is 0.936. The molecule has 3 heteroatoms. The number of allylic oxidation sites excluding steroid dienone is 1. The molecule has 1 aliphatic heterocycles. The third-order valence-electron chi connectivity index (χ3n) is 7.54. The molecular formula is C37H28N2S. The number of aromatic nitrogens is 1. The van der Waals surface area contributed by atoms with E-state index in [2.05, 4.69) is 146 Å². The second-order valence-electron chi connectivity index (χ2n) is 9.92. The lowest BCUT2D eigenvalue weighted by Crippen LogP contribution is -2.10. The fourth-order valence-electron chi connectivity index (χ4n) is 5.80. The Morgan fingerprint density at radius 3 is 1.98 bits per heavy atom. The molecule has 0 unspecified atom stereocenters. The third-order valence-corrected chi connectivity index (χ3v) is 8.69. The lowest BCUT2D eigenvalue weighted by Gasteiger charge is -2.16. The fourth-order valence-corrected chi connectivity index (χ4v) is 6.89. The van der Waals surface area contributed by atoms with E-state index in [9.17, 15) is 0 Å². The molecule has 192 valence electrons. The van der Waals surface area contributed by atoms with Crippen molar-refractivity contribution in [3.8, 4) is 33.5 Å². The van der Waals surface area contributed by atoms with Crippen LogP contribution in [0, 0.1) is 0 Å². The maximum absolute atomic E-state index is 5.29. The summed E-state index contributed by atoms with van der Waals surface area (Å²) < 4.78 is 2.40. The second kappa shape index (κ2) is 10.2. The van der Waals surface area contributed by atoms with Crippen LogP contribution in [0.1, 0.15) is 19.4 Å². The number of fused-ring (bicyclic) bond motifs is 7. The van der Waals surface area contributed by atoms with Gasteiger partial charge < -0.3 is 0 Å². The topological polar surface area (TPSA) is 17.3 Å². The first kappa shape index (κ1) is 24.4. The smallest absolute Gasteiger partial charge is 0.111 e. The van der Waals surface area contributed by atoms with Crippen molar-refractivity contribution in [3.05, 3.63) is 139 Å². The molecule has 2 nitrogen and oxygen atoms in total. The summed E-state index contributed by atoms with van der Waals surface area (Å²) in [6, 6.07) is 45.4. The van der Waals surface area contributed by atoms with E-state index in [1.54, 1.807) is 0 Å². The molecule has 40 heavy (non-hydrogen) atoms. The predicted octanol–water partition coefficient (Wildman–Crippen LogP) is 10.4. The molecule has 0 aliphatic carbocycles. The van der Waals surface area contributed by atoms with Crippen molar-refractivity contribution >= 4 is 34.2 Å². The zero-order valence-corrected chi connectivity index (χ0v) is 23.3. The third kappa shape index (κ3) is 4.02. The highest BCUT2D eigenvalue weighted by Crippen LogP contribution is 2.52. The van der Waals surface area contributed by atoms with E-state index in [-0.39, 0.29) is 0 Å². The normalized spacial score (nSPS) is 12.9. The van der Waals surface area contributed by atoms with Crippen LogP contribution >= 0.6 is 11.8 Å². The van der Waals surface area contributed by atoms with Crippen LogP contribution in [0.25, 0.3) is 50.1 Å². The Morgan fingerprint density at radius 2 is 1.25 bits per heavy atom. The Hall–Kier alpha value is -4.60. The molecule has 0 atom stereocenters. The summed E-state index contributed by atoms with van der Waals surface area (Å²) in [5, 5.41) is 1.23. The summed E-state index contributed by atoms with van der Waals surface area (Å²) >= 11 is 1.84. The van der Waals surface area contributed by atoms with Gasteiger partial charge in [-0.2, -0.15) is 0 Å². The van der Waals surface area contributed by atoms with Gasteiger partial charge in [0.1, 0.15) is 5.84 Å². The van der Waals surface area contributed by atoms with Gasteiger partial charge in [-0.1, -0.05) is 133 Å². The molecule has 0 saturated carbocycles. The molecule has 1 aromatic heterocycles. The van der Waals surface area contributed by atoms with Gasteiger partial charge in [0.05, 0.1) is 16.9 Å². The molecular weight excluding hydrogens is 504 g/mol. The monoisotopic (exact) mass is 532 g/mol. The molecule has 6 aromatic rings. The van der Waals surface area contributed by atoms with Crippen LogP contribution in [0.3, 0.4) is 0 Å². The average molecular weight is 533 g/mol. The quantitative estimate of drug-likeness (QED) is 0.163. The van der Waals surface area contributed by atoms with Crippen LogP contribution in [0.5, 0.6) is 0 Å². The number of rotatable bonds is 3. The largest absolute Gasteiger partial charge is 0.296 e. The summed E-state index contributed by atoms with van der Waals surface area (Å²) in [4.78, 5) is 7.81. The zero-order chi connectivity index (χ0) is 27.1. The van der Waals surface area contributed by atoms with Crippen LogP contribution < -0.4 is 0 Å². The predicted molar refractivity (Wildman–Crippen MR) is 171 cm³/mol. The maximum Gasteiger partial charge on any atom is 0.111 e. The van der Waals surface area contributed by atoms with Crippen molar-refractivity contribution in [1.82, 2.24) is 4.57 Å². The first-order valence-corrected chi connectivity index (χ1v) is 14.4. The SMILES string of the molecule is C/C=C(\N=C(/C)n1c2c(c3cccc(-c4ccccc4)c31)-c1ccccc1Sc1ccccc1-2)c1ccccc1. The second-order valence-corrected chi connectivity index (χ2v) is 11.0. The molecule has 0 spiro atoms. The van der Waals surface area contributed by atoms with Gasteiger partial charge in [0, 0.05) is 31.9 Å². The van der Waals surface area contributed by atoms with Gasteiger partial charge in [-0.3, -0.25) is 4.57 Å². The van der Waals surface area contributed by atoms with Gasteiger partial charge in [-0.15, -0.1) is 0 Å². The van der Waals surface area contributed by atoms with Crippen LogP contribution in [-0.2, 0) is 0 Å². The van der Waals surface area contributed by atoms with E-state index in [1.807, 2.05) is 17.8 Å². The molecule has 0 N–H and O–H groups in total. The van der Waals surface area contributed by atoms with Crippen LogP contribution in [0.2, 0.25) is 0 Å². The standard InChI is InChI=1S/C37H28N2S/c1-3-32(27-17-8-5-9-18-27)38-25(2)39-36-28(26-15-6-4-7-16-26)21-14-22-31(36)35-29-19-10-12-23-33(29)40-34-24-13-11-20-30(34)37(35)39/h3-24H,1-2H3/b32-3-,38-25+. The zero-order valence-electron chi connectivity index (χ0n) is 22.5. The molecule has 5 aromatic carbocycles. The lowest BCUT2D eigenvalue weighted by atomic mass is 9.96. The van der Waals surface area contributed by atoms with Gasteiger partial charge >= 0.3 is 0 Å². The van der Waals surface area contributed by atoms with Gasteiger partial charge in [-0.25, -0.2) is 4.99 Å². The van der Waals surface area contributed by atoms with E-state index in [0.717, 1.165) is 17.1 Å². The minimum absolute atomic E-state index is 0.936. The minimum atomic E-state index is 0.936. The fraction of sp³-hybridized carbons (Fsp3) is 0.0541. The number of aliphatic imine (C=N–C) groups is 1. The molecule has 2 heterocycles. The van der Waals surface area contributed by atoms with Gasteiger partial charge in [0.2, 0.25) is 0 Å². The highest BCUT2D eigenvalue weighted by Gasteiger charge is 2.29. The van der Waals surface area contributed by atoms with E-state index >= 15 is 0 Å². The molecule has 7 rings (SSSR count). The lowest BCUT2D eigenvalue weighted by molar-refractivity contribution is 1.18. The van der Waals surface area contributed by atoms with E-state index in [1.165, 1.54) is 54.2 Å². The van der Waals surface area contributed by atoms with Crippen molar-refractivity contribution in [2.45, 2.75) is 23.6 Å². The van der Waals surface area contributed by atoms with Crippen molar-refractivity contribution in [1.29, 1.82) is 0 Å². The van der Waals surface area contributed by atoms with E-state index in [4.69, 9.17) is 4.99 Å². The molecule has 0 fully saturated rings. The molecule has 0 bridgehead atoms. The first-order chi connectivity index (χ1) is 19.7. The summed E-state index contributed by atoms with van der Waals surface area (Å²) in [7, 11) is 0. The van der Waals surface area contributed by atoms with E-state index < -0.39 is 0 Å². The van der Waals surface area contributed by atoms with Crippen molar-refractivity contribution < 1.29 is 0 Å². The van der Waals surface area contributed by atoms with Crippen molar-refractivity contribution in [2.24, 2.45) is 4.99 Å². The number of hydrogen-bond acceptors (Lipinski definition) is 2. The van der Waals surface area contributed by atoms with Crippen LogP contribution in [0.4, 0.5) is 0 Å². The minimum Gasteiger partial charge on any atom is -0.296 e. The van der Waals surface area contributed by atoms with Crippen LogP contribution in [-0.4, -0.2) is 10.4 Å². The van der Waals surface area contributed by atoms with Crippen LogP contribution in [0.15, 0.2) is 148 Å². The first-order valence-electron chi connectivity index (χ1n) is 13.6.